The van der Waals surface area contributed by atoms with Crippen LogP contribution in [0.5, 0.6) is 5.75 Å². The van der Waals surface area contributed by atoms with Crippen LogP contribution in [0, 0.1) is 18.3 Å². The van der Waals surface area contributed by atoms with Crippen molar-refractivity contribution in [2.24, 2.45) is 0 Å². The molecule has 5 rings (SSSR count). The number of benzene rings is 2. The summed E-state index contributed by atoms with van der Waals surface area (Å²) < 4.78 is 24.9. The molecule has 2 saturated heterocycles. The molecule has 2 aliphatic rings. The second-order valence-corrected chi connectivity index (χ2v) is 12.3. The van der Waals surface area contributed by atoms with E-state index in [-0.39, 0.29) is 0 Å². The number of carbonyl (C=O) groups excluding carboxylic acids is 1. The summed E-state index contributed by atoms with van der Waals surface area (Å²) in [6.45, 7) is 14.0. The molecule has 0 radical (unpaired) electrons. The number of anilines is 1. The summed E-state index contributed by atoms with van der Waals surface area (Å²) in [6, 6.07) is 12.8. The van der Waals surface area contributed by atoms with Gasteiger partial charge in [0.15, 0.2) is 6.29 Å². The van der Waals surface area contributed by atoms with Gasteiger partial charge in [-0.05, 0) is 55.2 Å². The maximum atomic E-state index is 12.7. The Kier molecular flexibility index (Phi) is 10.3. The van der Waals surface area contributed by atoms with E-state index in [1.807, 2.05) is 24.3 Å². The van der Waals surface area contributed by atoms with Crippen molar-refractivity contribution in [2.45, 2.75) is 51.6 Å². The molecule has 3 heterocycles. The number of carbonyl (C=O) groups is 1. The summed E-state index contributed by atoms with van der Waals surface area (Å²) in [5.41, 5.74) is 5.87. The number of ether oxygens (including phenoxy) is 4. The highest BCUT2D eigenvalue weighted by Gasteiger charge is 2.35. The van der Waals surface area contributed by atoms with Crippen molar-refractivity contribution >= 4 is 22.9 Å². The van der Waals surface area contributed by atoms with Gasteiger partial charge in [0.1, 0.15) is 12.4 Å². The topological polar surface area (TPSA) is 89.2 Å². The standard InChI is InChI=1S/C35H46N4O5/c1-25-29-7-6-26(23-36)20-31(29)39(14-15-41-4)34(25)35(2,3)30-22-32(33(21-27(30)24-40)44-19-18-42-5)38-10-8-28(9-11-38)37-12-16-43-17-13-37/h6-7,20-22,24,28H,8-19H2,1-5H3. The molecule has 2 fully saturated rings. The predicted molar refractivity (Wildman–Crippen MR) is 172 cm³/mol. The lowest BCUT2D eigenvalue weighted by Gasteiger charge is -2.41. The number of methoxy groups -OCH3 is 2. The van der Waals surface area contributed by atoms with Gasteiger partial charge < -0.3 is 28.4 Å². The zero-order chi connectivity index (χ0) is 31.3. The third-order valence-corrected chi connectivity index (χ3v) is 9.40. The first-order chi connectivity index (χ1) is 21.3. The largest absolute Gasteiger partial charge is 0.489 e. The minimum atomic E-state index is -0.550. The fourth-order valence-corrected chi connectivity index (χ4v) is 7.18. The lowest BCUT2D eigenvalue weighted by atomic mass is 9.77. The number of aromatic nitrogens is 1. The quantitative estimate of drug-likeness (QED) is 0.213. The molecule has 236 valence electrons. The van der Waals surface area contributed by atoms with Crippen LogP contribution in [-0.4, -0.2) is 95.2 Å². The summed E-state index contributed by atoms with van der Waals surface area (Å²) >= 11 is 0. The van der Waals surface area contributed by atoms with Gasteiger partial charge in [-0.1, -0.05) is 19.9 Å². The normalized spacial score (nSPS) is 16.8. The maximum Gasteiger partial charge on any atom is 0.150 e. The molecule has 44 heavy (non-hydrogen) atoms. The van der Waals surface area contributed by atoms with Gasteiger partial charge in [0.25, 0.3) is 0 Å². The van der Waals surface area contributed by atoms with Crippen LogP contribution in [-0.2, 0) is 26.2 Å². The highest BCUT2D eigenvalue weighted by Crippen LogP contribution is 2.44. The van der Waals surface area contributed by atoms with E-state index in [2.05, 4.69) is 47.3 Å². The summed E-state index contributed by atoms with van der Waals surface area (Å²) in [4.78, 5) is 17.7. The molecule has 9 heteroatoms. The predicted octanol–water partition coefficient (Wildman–Crippen LogP) is 4.93. The van der Waals surface area contributed by atoms with E-state index in [0.717, 1.165) is 91.9 Å². The summed E-state index contributed by atoms with van der Waals surface area (Å²) in [5, 5.41) is 10.7. The van der Waals surface area contributed by atoms with Crippen LogP contribution in [0.3, 0.4) is 0 Å². The van der Waals surface area contributed by atoms with Crippen molar-refractivity contribution in [2.75, 3.05) is 78.3 Å². The first kappa shape index (κ1) is 32.0. The van der Waals surface area contributed by atoms with Gasteiger partial charge in [-0.25, -0.2) is 0 Å². The Morgan fingerprint density at radius 2 is 1.75 bits per heavy atom. The average molecular weight is 603 g/mol. The summed E-state index contributed by atoms with van der Waals surface area (Å²) in [6.07, 6.45) is 3.08. The molecular weight excluding hydrogens is 556 g/mol. The zero-order valence-electron chi connectivity index (χ0n) is 26.9. The molecule has 0 unspecified atom stereocenters. The Labute approximate surface area is 261 Å². The zero-order valence-corrected chi connectivity index (χ0v) is 26.9. The van der Waals surface area contributed by atoms with Crippen molar-refractivity contribution in [3.63, 3.8) is 0 Å². The smallest absolute Gasteiger partial charge is 0.150 e. The fraction of sp³-hybridized carbons (Fsp3) is 0.543. The van der Waals surface area contributed by atoms with Gasteiger partial charge >= 0.3 is 0 Å². The minimum absolute atomic E-state index is 0.403. The molecule has 2 aliphatic heterocycles. The molecule has 0 bridgehead atoms. The number of nitriles is 1. The van der Waals surface area contributed by atoms with E-state index in [0.29, 0.717) is 49.3 Å². The summed E-state index contributed by atoms with van der Waals surface area (Å²) in [7, 11) is 3.36. The molecule has 3 aromatic rings. The van der Waals surface area contributed by atoms with Crippen LogP contribution in [0.15, 0.2) is 30.3 Å². The first-order valence-corrected chi connectivity index (χ1v) is 15.7. The Hall–Kier alpha value is -3.42. The van der Waals surface area contributed by atoms with Crippen molar-refractivity contribution in [1.82, 2.24) is 9.47 Å². The summed E-state index contributed by atoms with van der Waals surface area (Å²) in [5.74, 6) is 0.712. The molecular formula is C35H46N4O5. The molecule has 0 aliphatic carbocycles. The lowest BCUT2D eigenvalue weighted by molar-refractivity contribution is 0.0115. The third-order valence-electron chi connectivity index (χ3n) is 9.40. The monoisotopic (exact) mass is 602 g/mol. The second kappa shape index (κ2) is 14.1. The van der Waals surface area contributed by atoms with E-state index >= 15 is 0 Å². The molecule has 0 atom stereocenters. The van der Waals surface area contributed by atoms with Crippen LogP contribution < -0.4 is 9.64 Å². The highest BCUT2D eigenvalue weighted by molar-refractivity contribution is 5.88. The van der Waals surface area contributed by atoms with E-state index < -0.39 is 5.41 Å². The molecule has 0 spiro atoms. The third kappa shape index (κ3) is 6.36. The van der Waals surface area contributed by atoms with Crippen molar-refractivity contribution in [3.8, 4) is 11.8 Å². The number of nitrogens with zero attached hydrogens (tertiary/aromatic N) is 4. The maximum absolute atomic E-state index is 12.7. The van der Waals surface area contributed by atoms with Crippen molar-refractivity contribution in [1.29, 1.82) is 5.26 Å². The average Bonchev–Trinajstić information content (AvgIpc) is 3.34. The number of morpholine rings is 1. The number of hydrogen-bond donors (Lipinski definition) is 0. The number of aryl methyl sites for hydroxylation is 1. The van der Waals surface area contributed by atoms with Crippen LogP contribution >= 0.6 is 0 Å². The SMILES string of the molecule is COCCOc1cc(C=O)c(C(C)(C)c2c(C)c3ccc(C#N)cc3n2CCOC)cc1N1CCC(N2CCOCC2)CC1. The Morgan fingerprint density at radius 1 is 1.02 bits per heavy atom. The van der Waals surface area contributed by atoms with E-state index in [1.165, 1.54) is 0 Å². The van der Waals surface area contributed by atoms with E-state index in [1.54, 1.807) is 14.2 Å². The first-order valence-electron chi connectivity index (χ1n) is 15.7. The number of rotatable bonds is 12. The van der Waals surface area contributed by atoms with Crippen LogP contribution in [0.1, 0.15) is 59.4 Å². The van der Waals surface area contributed by atoms with Crippen LogP contribution in [0.4, 0.5) is 5.69 Å². The van der Waals surface area contributed by atoms with Gasteiger partial charge in [-0.15, -0.1) is 0 Å². The fourth-order valence-electron chi connectivity index (χ4n) is 7.18. The minimum Gasteiger partial charge on any atom is -0.489 e. The molecule has 2 aromatic carbocycles. The Bertz CT molecular complexity index is 1490. The number of fused-ring (bicyclic) bond motifs is 1. The number of hydrogen-bond acceptors (Lipinski definition) is 8. The van der Waals surface area contributed by atoms with Gasteiger partial charge in [-0.3, -0.25) is 9.69 Å². The van der Waals surface area contributed by atoms with Crippen LogP contribution in [0.25, 0.3) is 10.9 Å². The van der Waals surface area contributed by atoms with E-state index in [4.69, 9.17) is 18.9 Å². The van der Waals surface area contributed by atoms with Crippen molar-refractivity contribution < 1.29 is 23.7 Å². The Balaban J connectivity index is 1.58. The van der Waals surface area contributed by atoms with Gasteiger partial charge in [0.2, 0.25) is 0 Å². The molecule has 0 N–H and O–H groups in total. The number of piperidine rings is 1. The second-order valence-electron chi connectivity index (χ2n) is 12.3. The van der Waals surface area contributed by atoms with E-state index in [9.17, 15) is 10.1 Å². The molecule has 1 aromatic heterocycles. The van der Waals surface area contributed by atoms with Gasteiger partial charge in [-0.2, -0.15) is 5.26 Å². The van der Waals surface area contributed by atoms with Crippen molar-refractivity contribution in [3.05, 3.63) is 58.3 Å². The van der Waals surface area contributed by atoms with Crippen LogP contribution in [0.2, 0.25) is 0 Å². The van der Waals surface area contributed by atoms with Gasteiger partial charge in [0.05, 0.1) is 43.7 Å². The number of aldehydes is 1. The molecule has 0 saturated carbocycles. The molecule has 9 nitrogen and oxygen atoms in total. The van der Waals surface area contributed by atoms with Gasteiger partial charge in [0, 0.05) is 80.6 Å². The lowest BCUT2D eigenvalue weighted by Crippen LogP contribution is -2.49. The highest BCUT2D eigenvalue weighted by atomic mass is 16.5. The molecule has 0 amide bonds. The Morgan fingerprint density at radius 3 is 2.41 bits per heavy atom.